The van der Waals surface area contributed by atoms with Gasteiger partial charge in [-0.2, -0.15) is 0 Å². The fourth-order valence-corrected chi connectivity index (χ4v) is 0.778. The van der Waals surface area contributed by atoms with Gasteiger partial charge >= 0.3 is 0 Å². The summed E-state index contributed by atoms with van der Waals surface area (Å²) in [5, 5.41) is 0. The van der Waals surface area contributed by atoms with Crippen molar-refractivity contribution in [2.45, 2.75) is 33.0 Å². The molecule has 1 fully saturated rings. The van der Waals surface area contributed by atoms with Gasteiger partial charge in [0, 0.05) is 6.61 Å². The van der Waals surface area contributed by atoms with Crippen molar-refractivity contribution in [2.24, 2.45) is 5.92 Å². The highest BCUT2D eigenvalue weighted by Gasteiger charge is 2.29. The summed E-state index contributed by atoms with van der Waals surface area (Å²) in [6, 6.07) is 0. The highest BCUT2D eigenvalue weighted by molar-refractivity contribution is 4.76. The topological polar surface area (TPSA) is 21.8 Å². The predicted octanol–water partition coefficient (Wildman–Crippen LogP) is 1.45. The first kappa shape index (κ1) is 8.02. The summed E-state index contributed by atoms with van der Waals surface area (Å²) in [6.07, 6.45) is 0.682. The van der Waals surface area contributed by atoms with Gasteiger partial charge in [-0.15, -0.1) is 0 Å². The molecule has 2 atom stereocenters. The van der Waals surface area contributed by atoms with Crippen LogP contribution in [0, 0.1) is 5.92 Å². The second kappa shape index (κ2) is 3.35. The molecule has 0 unspecified atom stereocenters. The first-order valence-electron chi connectivity index (χ1n) is 3.93. The normalized spacial score (nSPS) is 27.0. The van der Waals surface area contributed by atoms with Crippen molar-refractivity contribution >= 4 is 0 Å². The number of hydrogen-bond acceptors (Lipinski definition) is 2. The molecule has 0 aliphatic carbocycles. The van der Waals surface area contributed by atoms with Crippen molar-refractivity contribution in [1.82, 2.24) is 0 Å². The summed E-state index contributed by atoms with van der Waals surface area (Å²) < 4.78 is 10.6. The molecule has 1 heterocycles. The highest BCUT2D eigenvalue weighted by Crippen LogP contribution is 2.16. The highest BCUT2D eigenvalue weighted by atomic mass is 16.6. The Morgan fingerprint density at radius 3 is 2.50 bits per heavy atom. The smallest absolute Gasteiger partial charge is 0.107 e. The third-order valence-corrected chi connectivity index (χ3v) is 1.58. The van der Waals surface area contributed by atoms with E-state index in [1.54, 1.807) is 0 Å². The standard InChI is InChI=1S/C8H16O2/c1-6(2)4-9-7(3)8-5-10-8/h6-8H,4-5H2,1-3H3/t7-,8+/m0/s1. The minimum absolute atomic E-state index is 0.294. The van der Waals surface area contributed by atoms with Crippen LogP contribution in [0.15, 0.2) is 0 Å². The molecular weight excluding hydrogens is 128 g/mol. The fourth-order valence-electron chi connectivity index (χ4n) is 0.778. The first-order chi connectivity index (χ1) is 4.70. The molecular formula is C8H16O2. The Balaban J connectivity index is 2.00. The van der Waals surface area contributed by atoms with E-state index in [1.807, 2.05) is 0 Å². The largest absolute Gasteiger partial charge is 0.375 e. The zero-order valence-electron chi connectivity index (χ0n) is 6.96. The second-order valence-electron chi connectivity index (χ2n) is 3.30. The molecule has 1 aliphatic rings. The lowest BCUT2D eigenvalue weighted by molar-refractivity contribution is 0.0299. The molecule has 1 aliphatic heterocycles. The van der Waals surface area contributed by atoms with Gasteiger partial charge in [-0.25, -0.2) is 0 Å². The van der Waals surface area contributed by atoms with Gasteiger partial charge in [0.15, 0.2) is 0 Å². The maximum atomic E-state index is 5.50. The lowest BCUT2D eigenvalue weighted by Crippen LogP contribution is -2.18. The molecule has 1 saturated heterocycles. The Labute approximate surface area is 62.5 Å². The monoisotopic (exact) mass is 144 g/mol. The summed E-state index contributed by atoms with van der Waals surface area (Å²) >= 11 is 0. The Morgan fingerprint density at radius 1 is 1.50 bits per heavy atom. The van der Waals surface area contributed by atoms with Crippen molar-refractivity contribution in [1.29, 1.82) is 0 Å². The van der Waals surface area contributed by atoms with Gasteiger partial charge in [0.2, 0.25) is 0 Å². The van der Waals surface area contributed by atoms with Crippen LogP contribution in [0.5, 0.6) is 0 Å². The average Bonchev–Trinajstić information content (AvgIpc) is 2.63. The summed E-state index contributed by atoms with van der Waals surface area (Å²) in [4.78, 5) is 0. The van der Waals surface area contributed by atoms with Gasteiger partial charge in [0.1, 0.15) is 6.10 Å². The Morgan fingerprint density at radius 2 is 2.10 bits per heavy atom. The molecule has 0 bridgehead atoms. The van der Waals surface area contributed by atoms with Crippen molar-refractivity contribution in [3.63, 3.8) is 0 Å². The van der Waals surface area contributed by atoms with E-state index >= 15 is 0 Å². The molecule has 2 nitrogen and oxygen atoms in total. The van der Waals surface area contributed by atoms with Crippen LogP contribution in [0.2, 0.25) is 0 Å². The zero-order chi connectivity index (χ0) is 7.56. The van der Waals surface area contributed by atoms with Crippen LogP contribution < -0.4 is 0 Å². The van der Waals surface area contributed by atoms with Crippen LogP contribution >= 0.6 is 0 Å². The zero-order valence-corrected chi connectivity index (χ0v) is 6.96. The van der Waals surface area contributed by atoms with E-state index in [9.17, 15) is 0 Å². The van der Waals surface area contributed by atoms with Gasteiger partial charge in [0.25, 0.3) is 0 Å². The molecule has 10 heavy (non-hydrogen) atoms. The van der Waals surface area contributed by atoms with Gasteiger partial charge in [0.05, 0.1) is 12.7 Å². The molecule has 0 N–H and O–H groups in total. The second-order valence-corrected chi connectivity index (χ2v) is 3.30. The first-order valence-corrected chi connectivity index (χ1v) is 3.93. The lowest BCUT2D eigenvalue weighted by Gasteiger charge is -2.11. The third kappa shape index (κ3) is 2.67. The van der Waals surface area contributed by atoms with Gasteiger partial charge in [-0.05, 0) is 12.8 Å². The van der Waals surface area contributed by atoms with Crippen molar-refractivity contribution in [3.8, 4) is 0 Å². The molecule has 0 saturated carbocycles. The summed E-state index contributed by atoms with van der Waals surface area (Å²) in [6.45, 7) is 8.11. The Bertz CT molecular complexity index is 97.4. The summed E-state index contributed by atoms with van der Waals surface area (Å²) in [5.41, 5.74) is 0. The van der Waals surface area contributed by atoms with Crippen LogP contribution in [0.1, 0.15) is 20.8 Å². The minimum Gasteiger partial charge on any atom is -0.375 e. The van der Waals surface area contributed by atoms with Crippen molar-refractivity contribution in [2.75, 3.05) is 13.2 Å². The van der Waals surface area contributed by atoms with Gasteiger partial charge < -0.3 is 9.47 Å². The SMILES string of the molecule is CC(C)CO[C@@H](C)[C@H]1CO1. The van der Waals surface area contributed by atoms with Crippen LogP contribution in [0.3, 0.4) is 0 Å². The van der Waals surface area contributed by atoms with E-state index in [0.717, 1.165) is 13.2 Å². The van der Waals surface area contributed by atoms with Crippen molar-refractivity contribution in [3.05, 3.63) is 0 Å². The maximum Gasteiger partial charge on any atom is 0.107 e. The molecule has 0 amide bonds. The summed E-state index contributed by atoms with van der Waals surface area (Å²) in [5.74, 6) is 0.626. The van der Waals surface area contributed by atoms with E-state index in [4.69, 9.17) is 9.47 Å². The van der Waals surface area contributed by atoms with Crippen molar-refractivity contribution < 1.29 is 9.47 Å². The number of ether oxygens (including phenoxy) is 2. The fraction of sp³-hybridized carbons (Fsp3) is 1.00. The number of hydrogen-bond donors (Lipinski definition) is 0. The molecule has 0 aromatic heterocycles. The molecule has 0 aromatic carbocycles. The molecule has 0 radical (unpaired) electrons. The van der Waals surface area contributed by atoms with E-state index in [1.165, 1.54) is 0 Å². The molecule has 0 spiro atoms. The van der Waals surface area contributed by atoms with Crippen LogP contribution in [0.4, 0.5) is 0 Å². The number of rotatable bonds is 4. The maximum absolute atomic E-state index is 5.50. The van der Waals surface area contributed by atoms with Gasteiger partial charge in [-0.1, -0.05) is 13.8 Å². The Kier molecular flexibility index (Phi) is 2.69. The average molecular weight is 144 g/mol. The van der Waals surface area contributed by atoms with Crippen LogP contribution in [-0.4, -0.2) is 25.4 Å². The quantitative estimate of drug-likeness (QED) is 0.557. The number of epoxide rings is 1. The van der Waals surface area contributed by atoms with E-state index < -0.39 is 0 Å². The molecule has 60 valence electrons. The minimum atomic E-state index is 0.294. The third-order valence-electron chi connectivity index (χ3n) is 1.58. The molecule has 2 heteroatoms. The van der Waals surface area contributed by atoms with Crippen LogP contribution in [-0.2, 0) is 9.47 Å². The molecule has 0 aromatic rings. The Hall–Kier alpha value is -0.0800. The summed E-state index contributed by atoms with van der Waals surface area (Å²) in [7, 11) is 0. The van der Waals surface area contributed by atoms with E-state index in [2.05, 4.69) is 20.8 Å². The van der Waals surface area contributed by atoms with Crippen LogP contribution in [0.25, 0.3) is 0 Å². The van der Waals surface area contributed by atoms with E-state index in [0.29, 0.717) is 18.1 Å². The molecule has 1 rings (SSSR count). The lowest BCUT2D eigenvalue weighted by atomic mass is 10.2. The predicted molar refractivity (Wildman–Crippen MR) is 40.0 cm³/mol. The van der Waals surface area contributed by atoms with E-state index in [-0.39, 0.29) is 0 Å². The van der Waals surface area contributed by atoms with Gasteiger partial charge in [-0.3, -0.25) is 0 Å².